The second-order valence-corrected chi connectivity index (χ2v) is 6.13. The van der Waals surface area contributed by atoms with E-state index in [4.69, 9.17) is 22.1 Å². The maximum atomic E-state index is 5.90. The van der Waals surface area contributed by atoms with Gasteiger partial charge in [0.15, 0.2) is 0 Å². The molecule has 0 heterocycles. The first-order chi connectivity index (χ1) is 9.10. The van der Waals surface area contributed by atoms with Crippen LogP contribution < -0.4 is 10.5 Å². The lowest BCUT2D eigenvalue weighted by atomic mass is 10.1. The molecule has 100 valence electrons. The predicted molar refractivity (Wildman–Crippen MR) is 86.1 cm³/mol. The summed E-state index contributed by atoms with van der Waals surface area (Å²) in [6, 6.07) is 11.4. The molecule has 0 fully saturated rings. The van der Waals surface area contributed by atoms with Crippen LogP contribution in [-0.4, -0.2) is 6.54 Å². The normalized spacial score (nSPS) is 10.5. The highest BCUT2D eigenvalue weighted by molar-refractivity contribution is 9.11. The standard InChI is InChI=1S/C14H12Br2ClNO/c15-11-7-9(5-6-18)1-3-13(11)19-14-4-2-10(17)8-12(14)16/h1-4,7-8H,5-6,18H2. The second kappa shape index (κ2) is 6.75. The Morgan fingerprint density at radius 2 is 1.63 bits per heavy atom. The van der Waals surface area contributed by atoms with Crippen molar-refractivity contribution in [3.63, 3.8) is 0 Å². The zero-order valence-corrected chi connectivity index (χ0v) is 13.9. The van der Waals surface area contributed by atoms with E-state index in [1.54, 1.807) is 12.1 Å². The van der Waals surface area contributed by atoms with Gasteiger partial charge in [-0.25, -0.2) is 0 Å². The average molecular weight is 406 g/mol. The zero-order chi connectivity index (χ0) is 13.8. The Balaban J connectivity index is 2.23. The monoisotopic (exact) mass is 403 g/mol. The molecule has 0 amide bonds. The molecule has 0 atom stereocenters. The van der Waals surface area contributed by atoms with Crippen molar-refractivity contribution in [2.75, 3.05) is 6.54 Å². The van der Waals surface area contributed by atoms with Crippen LogP contribution in [0.3, 0.4) is 0 Å². The Hall–Kier alpha value is -0.550. The number of hydrogen-bond donors (Lipinski definition) is 1. The maximum absolute atomic E-state index is 5.90. The third-order valence-corrected chi connectivity index (χ3v) is 4.02. The van der Waals surface area contributed by atoms with E-state index in [0.29, 0.717) is 11.6 Å². The van der Waals surface area contributed by atoms with Gasteiger partial charge in [-0.2, -0.15) is 0 Å². The molecule has 5 heteroatoms. The van der Waals surface area contributed by atoms with Crippen molar-refractivity contribution in [2.45, 2.75) is 6.42 Å². The summed E-state index contributed by atoms with van der Waals surface area (Å²) in [5.41, 5.74) is 6.72. The molecular weight excluding hydrogens is 393 g/mol. The number of benzene rings is 2. The Labute approximate surface area is 134 Å². The molecule has 0 saturated heterocycles. The van der Waals surface area contributed by atoms with Gasteiger partial charge < -0.3 is 10.5 Å². The first-order valence-electron chi connectivity index (χ1n) is 5.71. The smallest absolute Gasteiger partial charge is 0.141 e. The fourth-order valence-corrected chi connectivity index (χ4v) is 2.90. The molecule has 2 aromatic rings. The number of rotatable bonds is 4. The third-order valence-electron chi connectivity index (χ3n) is 2.54. The maximum Gasteiger partial charge on any atom is 0.141 e. The summed E-state index contributed by atoms with van der Waals surface area (Å²) < 4.78 is 7.56. The van der Waals surface area contributed by atoms with Crippen LogP contribution in [0.15, 0.2) is 45.3 Å². The van der Waals surface area contributed by atoms with Crippen molar-refractivity contribution >= 4 is 43.5 Å². The Bertz CT molecular complexity index is 590. The fourth-order valence-electron chi connectivity index (χ4n) is 1.63. The van der Waals surface area contributed by atoms with E-state index < -0.39 is 0 Å². The molecule has 2 rings (SSSR count). The number of nitrogens with two attached hydrogens (primary N) is 1. The molecule has 0 spiro atoms. The topological polar surface area (TPSA) is 35.2 Å². The van der Waals surface area contributed by atoms with Crippen molar-refractivity contribution in [1.82, 2.24) is 0 Å². The molecule has 2 aromatic carbocycles. The first-order valence-corrected chi connectivity index (χ1v) is 7.68. The Kier molecular flexibility index (Phi) is 5.28. The highest BCUT2D eigenvalue weighted by Crippen LogP contribution is 2.35. The lowest BCUT2D eigenvalue weighted by molar-refractivity contribution is 0.476. The molecule has 19 heavy (non-hydrogen) atoms. The summed E-state index contributed by atoms with van der Waals surface area (Å²) in [4.78, 5) is 0. The minimum absolute atomic E-state index is 0.634. The van der Waals surface area contributed by atoms with Crippen molar-refractivity contribution < 1.29 is 4.74 Å². The van der Waals surface area contributed by atoms with E-state index in [2.05, 4.69) is 31.9 Å². The average Bonchev–Trinajstić information content (AvgIpc) is 2.36. The van der Waals surface area contributed by atoms with Gasteiger partial charge in [-0.05, 0) is 80.7 Å². The summed E-state index contributed by atoms with van der Waals surface area (Å²) in [6.07, 6.45) is 0.851. The second-order valence-electron chi connectivity index (χ2n) is 3.98. The summed E-state index contributed by atoms with van der Waals surface area (Å²) >= 11 is 12.8. The van der Waals surface area contributed by atoms with Crippen LogP contribution >= 0.6 is 43.5 Å². The molecule has 0 aliphatic rings. The molecular formula is C14H12Br2ClNO. The quantitative estimate of drug-likeness (QED) is 0.763. The summed E-state index contributed by atoms with van der Waals surface area (Å²) in [7, 11) is 0. The molecule has 2 nitrogen and oxygen atoms in total. The molecule has 0 unspecified atom stereocenters. The summed E-state index contributed by atoms with van der Waals surface area (Å²) in [5.74, 6) is 1.47. The van der Waals surface area contributed by atoms with Crippen molar-refractivity contribution in [3.05, 3.63) is 55.9 Å². The molecule has 0 aliphatic carbocycles. The molecule has 0 radical (unpaired) electrons. The first kappa shape index (κ1) is 14.9. The minimum atomic E-state index is 0.634. The SMILES string of the molecule is NCCc1ccc(Oc2ccc(Cl)cc2Br)c(Br)c1. The van der Waals surface area contributed by atoms with Crippen LogP contribution in [0, 0.1) is 0 Å². The highest BCUT2D eigenvalue weighted by Gasteiger charge is 2.07. The molecule has 0 aliphatic heterocycles. The van der Waals surface area contributed by atoms with E-state index in [1.165, 1.54) is 5.56 Å². The molecule has 0 aromatic heterocycles. The van der Waals surface area contributed by atoms with Crippen LogP contribution in [0.4, 0.5) is 0 Å². The zero-order valence-electron chi connectivity index (χ0n) is 10.00. The van der Waals surface area contributed by atoms with Crippen LogP contribution in [-0.2, 0) is 6.42 Å². The number of hydrogen-bond acceptors (Lipinski definition) is 2. The van der Waals surface area contributed by atoms with Crippen LogP contribution in [0.1, 0.15) is 5.56 Å². The van der Waals surface area contributed by atoms with Crippen molar-refractivity contribution in [3.8, 4) is 11.5 Å². The molecule has 0 saturated carbocycles. The molecule has 0 bridgehead atoms. The van der Waals surface area contributed by atoms with E-state index in [0.717, 1.165) is 26.9 Å². The van der Waals surface area contributed by atoms with Gasteiger partial charge in [-0.1, -0.05) is 17.7 Å². The van der Waals surface area contributed by atoms with E-state index >= 15 is 0 Å². The van der Waals surface area contributed by atoms with E-state index in [-0.39, 0.29) is 0 Å². The van der Waals surface area contributed by atoms with Gasteiger partial charge in [0.05, 0.1) is 8.95 Å². The molecule has 2 N–H and O–H groups in total. The van der Waals surface area contributed by atoms with Gasteiger partial charge >= 0.3 is 0 Å². The van der Waals surface area contributed by atoms with Crippen LogP contribution in [0.2, 0.25) is 5.02 Å². The van der Waals surface area contributed by atoms with E-state index in [1.807, 2.05) is 24.3 Å². The predicted octanol–water partition coefficient (Wildman–Crippen LogP) is 5.16. The largest absolute Gasteiger partial charge is 0.455 e. The number of halogens is 3. The Morgan fingerprint density at radius 3 is 2.21 bits per heavy atom. The van der Waals surface area contributed by atoms with Gasteiger partial charge in [0.2, 0.25) is 0 Å². The van der Waals surface area contributed by atoms with Gasteiger partial charge in [0.25, 0.3) is 0 Å². The lowest BCUT2D eigenvalue weighted by Crippen LogP contribution is -2.02. The summed E-state index contributed by atoms with van der Waals surface area (Å²) in [5, 5.41) is 0.664. The van der Waals surface area contributed by atoms with Gasteiger partial charge in [0, 0.05) is 5.02 Å². The number of ether oxygens (including phenoxy) is 1. The van der Waals surface area contributed by atoms with Crippen LogP contribution in [0.25, 0.3) is 0 Å². The van der Waals surface area contributed by atoms with Gasteiger partial charge in [-0.15, -0.1) is 0 Å². The van der Waals surface area contributed by atoms with Crippen molar-refractivity contribution in [2.24, 2.45) is 5.73 Å². The lowest BCUT2D eigenvalue weighted by Gasteiger charge is -2.11. The van der Waals surface area contributed by atoms with Gasteiger partial charge in [0.1, 0.15) is 11.5 Å². The Morgan fingerprint density at radius 1 is 1.00 bits per heavy atom. The van der Waals surface area contributed by atoms with Crippen molar-refractivity contribution in [1.29, 1.82) is 0 Å². The van der Waals surface area contributed by atoms with Crippen LogP contribution in [0.5, 0.6) is 11.5 Å². The van der Waals surface area contributed by atoms with E-state index in [9.17, 15) is 0 Å². The highest BCUT2D eigenvalue weighted by atomic mass is 79.9. The fraction of sp³-hybridized carbons (Fsp3) is 0.143. The third kappa shape index (κ3) is 3.96. The summed E-state index contributed by atoms with van der Waals surface area (Å²) in [6.45, 7) is 0.634. The minimum Gasteiger partial charge on any atom is -0.455 e. The van der Waals surface area contributed by atoms with Gasteiger partial charge in [-0.3, -0.25) is 0 Å².